The Morgan fingerprint density at radius 2 is 1.39 bits per heavy atom. The Morgan fingerprint density at radius 1 is 0.889 bits per heavy atom. The topological polar surface area (TPSA) is 9.23 Å². The van der Waals surface area contributed by atoms with Crippen molar-refractivity contribution in [2.45, 2.75) is 65.1 Å². The van der Waals surface area contributed by atoms with Gasteiger partial charge >= 0.3 is 0 Å². The lowest BCUT2D eigenvalue weighted by atomic mass is 10.2. The van der Waals surface area contributed by atoms with Crippen molar-refractivity contribution in [3.05, 3.63) is 29.8 Å². The fraction of sp³-hybridized carbons (Fsp3) is 0.625. The highest BCUT2D eigenvalue weighted by Crippen LogP contribution is 2.42. The molecule has 1 rings (SSSR count). The molecular formula is C16H28OSi. The predicted octanol–water partition coefficient (Wildman–Crippen LogP) is 5.55. The van der Waals surface area contributed by atoms with Gasteiger partial charge in [-0.1, -0.05) is 53.7 Å². The van der Waals surface area contributed by atoms with Crippen LogP contribution >= 0.6 is 0 Å². The van der Waals surface area contributed by atoms with Crippen LogP contribution in [0.4, 0.5) is 0 Å². The molecule has 1 nitrogen and oxygen atoms in total. The van der Waals surface area contributed by atoms with Crippen molar-refractivity contribution in [1.82, 2.24) is 0 Å². The molecular weight excluding hydrogens is 236 g/mol. The molecule has 0 heterocycles. The fourth-order valence-corrected chi connectivity index (χ4v) is 8.48. The second kappa shape index (κ2) is 5.92. The smallest absolute Gasteiger partial charge is 0.258 e. The summed E-state index contributed by atoms with van der Waals surface area (Å²) >= 11 is 0. The van der Waals surface area contributed by atoms with Gasteiger partial charge in [-0.2, -0.15) is 0 Å². The van der Waals surface area contributed by atoms with Gasteiger partial charge in [-0.05, 0) is 41.2 Å². The van der Waals surface area contributed by atoms with Crippen LogP contribution < -0.4 is 4.43 Å². The van der Waals surface area contributed by atoms with Gasteiger partial charge in [0.1, 0.15) is 5.75 Å². The van der Waals surface area contributed by atoms with Crippen molar-refractivity contribution in [1.29, 1.82) is 0 Å². The summed E-state index contributed by atoms with van der Waals surface area (Å²) < 4.78 is 6.61. The summed E-state index contributed by atoms with van der Waals surface area (Å²) in [6.45, 7) is 16.0. The number of benzene rings is 1. The molecule has 0 saturated heterocycles. The average Bonchev–Trinajstić information content (AvgIpc) is 2.24. The van der Waals surface area contributed by atoms with Gasteiger partial charge < -0.3 is 4.43 Å². The highest BCUT2D eigenvalue weighted by Gasteiger charge is 2.46. The SMILES string of the molecule is Cc1cccc(O[Si](C(C)C)(C(C)C)C(C)C)c1. The van der Waals surface area contributed by atoms with Crippen LogP contribution in [0.15, 0.2) is 24.3 Å². The summed E-state index contributed by atoms with van der Waals surface area (Å²) in [6, 6.07) is 8.47. The van der Waals surface area contributed by atoms with Crippen LogP contribution in [0.1, 0.15) is 47.1 Å². The van der Waals surface area contributed by atoms with Crippen molar-refractivity contribution in [3.8, 4) is 5.75 Å². The Morgan fingerprint density at radius 3 is 1.78 bits per heavy atom. The molecule has 0 aliphatic carbocycles. The summed E-state index contributed by atoms with van der Waals surface area (Å²) in [5.41, 5.74) is 3.14. The molecule has 0 N–H and O–H groups in total. The van der Waals surface area contributed by atoms with Crippen molar-refractivity contribution in [2.24, 2.45) is 0 Å². The Hall–Kier alpha value is -0.763. The van der Waals surface area contributed by atoms with E-state index in [9.17, 15) is 0 Å². The Bertz CT molecular complexity index is 361. The third-order valence-electron chi connectivity index (χ3n) is 3.99. The second-order valence-electron chi connectivity index (χ2n) is 6.24. The van der Waals surface area contributed by atoms with Crippen molar-refractivity contribution < 1.29 is 4.43 Å². The quantitative estimate of drug-likeness (QED) is 0.634. The van der Waals surface area contributed by atoms with Crippen molar-refractivity contribution >= 4 is 8.32 Å². The van der Waals surface area contributed by atoms with Gasteiger partial charge in [0.25, 0.3) is 8.32 Å². The molecule has 0 bridgehead atoms. The lowest BCUT2D eigenvalue weighted by Crippen LogP contribution is -2.50. The summed E-state index contributed by atoms with van der Waals surface area (Å²) in [4.78, 5) is 0. The van der Waals surface area contributed by atoms with Gasteiger partial charge in [0.2, 0.25) is 0 Å². The standard InChI is InChI=1S/C16H28OSi/c1-12(2)18(13(3)4,14(5)6)17-16-10-8-9-15(7)11-16/h8-14H,1-7H3. The van der Waals surface area contributed by atoms with Crippen LogP contribution in [-0.4, -0.2) is 8.32 Å². The van der Waals surface area contributed by atoms with E-state index in [1.165, 1.54) is 5.56 Å². The molecule has 0 aromatic heterocycles. The second-order valence-corrected chi connectivity index (χ2v) is 11.6. The summed E-state index contributed by atoms with van der Waals surface area (Å²) in [5, 5.41) is 0. The summed E-state index contributed by atoms with van der Waals surface area (Å²) in [6.07, 6.45) is 0. The Kier molecular flexibility index (Phi) is 5.03. The molecule has 1 aromatic rings. The maximum atomic E-state index is 6.61. The zero-order chi connectivity index (χ0) is 13.9. The predicted molar refractivity (Wildman–Crippen MR) is 82.9 cm³/mol. The van der Waals surface area contributed by atoms with Gasteiger partial charge in [-0.15, -0.1) is 0 Å². The molecule has 2 heteroatoms. The minimum Gasteiger partial charge on any atom is -0.543 e. The van der Waals surface area contributed by atoms with Crippen molar-refractivity contribution in [2.75, 3.05) is 0 Å². The van der Waals surface area contributed by atoms with Crippen LogP contribution in [0.3, 0.4) is 0 Å². The van der Waals surface area contributed by atoms with Crippen LogP contribution in [-0.2, 0) is 0 Å². The Balaban J connectivity index is 3.12. The average molecular weight is 264 g/mol. The van der Waals surface area contributed by atoms with Crippen LogP contribution in [0.2, 0.25) is 16.6 Å². The van der Waals surface area contributed by atoms with E-state index in [2.05, 4.69) is 72.7 Å². The normalized spacial score (nSPS) is 12.6. The largest absolute Gasteiger partial charge is 0.543 e. The first kappa shape index (κ1) is 15.3. The number of hydrogen-bond acceptors (Lipinski definition) is 1. The molecule has 18 heavy (non-hydrogen) atoms. The van der Waals surface area contributed by atoms with Gasteiger partial charge in [-0.3, -0.25) is 0 Å². The zero-order valence-corrected chi connectivity index (χ0v) is 13.9. The van der Waals surface area contributed by atoms with Crippen LogP contribution in [0.5, 0.6) is 5.75 Å². The molecule has 0 amide bonds. The van der Waals surface area contributed by atoms with Crippen LogP contribution in [0, 0.1) is 6.92 Å². The fourth-order valence-electron chi connectivity index (χ4n) is 3.24. The monoisotopic (exact) mass is 264 g/mol. The van der Waals surface area contributed by atoms with Gasteiger partial charge in [0, 0.05) is 0 Å². The third kappa shape index (κ3) is 2.97. The molecule has 0 atom stereocenters. The minimum absolute atomic E-state index is 0.623. The molecule has 0 radical (unpaired) electrons. The number of aryl methyl sites for hydroxylation is 1. The first-order valence-electron chi connectivity index (χ1n) is 7.06. The zero-order valence-electron chi connectivity index (χ0n) is 12.9. The summed E-state index contributed by atoms with van der Waals surface area (Å²) in [7, 11) is -1.79. The van der Waals surface area contributed by atoms with Gasteiger partial charge in [0.05, 0.1) is 0 Å². The highest BCUT2D eigenvalue weighted by molar-refractivity contribution is 6.78. The van der Waals surface area contributed by atoms with E-state index in [1.54, 1.807) is 0 Å². The highest BCUT2D eigenvalue weighted by atomic mass is 28.4. The van der Waals surface area contributed by atoms with E-state index in [0.717, 1.165) is 5.75 Å². The van der Waals surface area contributed by atoms with E-state index in [1.807, 2.05) is 0 Å². The number of hydrogen-bond donors (Lipinski definition) is 0. The molecule has 0 aliphatic heterocycles. The van der Waals surface area contributed by atoms with E-state index in [-0.39, 0.29) is 0 Å². The van der Waals surface area contributed by atoms with E-state index < -0.39 is 8.32 Å². The maximum absolute atomic E-state index is 6.61. The molecule has 102 valence electrons. The molecule has 0 unspecified atom stereocenters. The Labute approximate surface area is 114 Å². The van der Waals surface area contributed by atoms with Crippen LogP contribution in [0.25, 0.3) is 0 Å². The van der Waals surface area contributed by atoms with E-state index >= 15 is 0 Å². The summed E-state index contributed by atoms with van der Waals surface area (Å²) in [5.74, 6) is 1.05. The third-order valence-corrected chi connectivity index (χ3v) is 9.99. The lowest BCUT2D eigenvalue weighted by molar-refractivity contribution is 0.479. The van der Waals surface area contributed by atoms with Gasteiger partial charge in [-0.25, -0.2) is 0 Å². The first-order chi connectivity index (χ1) is 8.30. The minimum atomic E-state index is -1.79. The number of rotatable bonds is 5. The molecule has 0 spiro atoms. The molecule has 0 saturated carbocycles. The lowest BCUT2D eigenvalue weighted by Gasteiger charge is -2.42. The van der Waals surface area contributed by atoms with Crippen molar-refractivity contribution in [3.63, 3.8) is 0 Å². The van der Waals surface area contributed by atoms with Gasteiger partial charge in [0.15, 0.2) is 0 Å². The van der Waals surface area contributed by atoms with E-state index in [4.69, 9.17) is 4.43 Å². The molecule has 0 fully saturated rings. The molecule has 0 aliphatic rings. The van der Waals surface area contributed by atoms with E-state index in [0.29, 0.717) is 16.6 Å². The first-order valence-corrected chi connectivity index (χ1v) is 9.20. The molecule has 1 aromatic carbocycles. The maximum Gasteiger partial charge on any atom is 0.258 e.